The van der Waals surface area contributed by atoms with Crippen LogP contribution >= 0.6 is 15.9 Å². The second-order valence-electron chi connectivity index (χ2n) is 2.35. The van der Waals surface area contributed by atoms with Crippen LogP contribution in [0.25, 0.3) is 0 Å². The Morgan fingerprint density at radius 2 is 2.46 bits per heavy atom. The fourth-order valence-corrected chi connectivity index (χ4v) is 1.41. The van der Waals surface area contributed by atoms with Crippen molar-refractivity contribution in [2.45, 2.75) is 6.42 Å². The molecule has 0 aromatic carbocycles. The van der Waals surface area contributed by atoms with Crippen LogP contribution in [0.1, 0.15) is 5.56 Å². The average molecular weight is 246 g/mol. The van der Waals surface area contributed by atoms with Gasteiger partial charge >= 0.3 is 5.97 Å². The molecule has 70 valence electrons. The molecule has 1 aromatic heterocycles. The van der Waals surface area contributed by atoms with Gasteiger partial charge in [0.1, 0.15) is 10.4 Å². The van der Waals surface area contributed by atoms with Crippen molar-refractivity contribution in [2.24, 2.45) is 0 Å². The van der Waals surface area contributed by atoms with Gasteiger partial charge in [-0.25, -0.2) is 4.98 Å². The van der Waals surface area contributed by atoms with Crippen LogP contribution in [0.3, 0.4) is 0 Å². The number of carboxylic acids is 1. The second kappa shape index (κ2) is 4.23. The van der Waals surface area contributed by atoms with Crippen LogP contribution in [0, 0.1) is 0 Å². The molecule has 0 aliphatic rings. The molecular weight excluding hydrogens is 238 g/mol. The Morgan fingerprint density at radius 1 is 1.77 bits per heavy atom. The quantitative estimate of drug-likeness (QED) is 0.820. The van der Waals surface area contributed by atoms with Crippen molar-refractivity contribution in [3.63, 3.8) is 0 Å². The molecule has 0 aliphatic carbocycles. The number of carboxylic acid groups (broad SMARTS) is 1. The number of carbonyl (C=O) groups is 1. The van der Waals surface area contributed by atoms with Gasteiger partial charge in [0.05, 0.1) is 13.5 Å². The maximum absolute atomic E-state index is 10.5. The summed E-state index contributed by atoms with van der Waals surface area (Å²) in [6.07, 6.45) is 1.45. The van der Waals surface area contributed by atoms with Crippen molar-refractivity contribution >= 4 is 21.9 Å². The SMILES string of the molecule is COc1ccnc(Br)c1CC(=O)O. The summed E-state index contributed by atoms with van der Waals surface area (Å²) >= 11 is 3.16. The summed E-state index contributed by atoms with van der Waals surface area (Å²) in [5, 5.41) is 8.61. The molecule has 0 atom stereocenters. The van der Waals surface area contributed by atoms with Crippen LogP contribution in [0.5, 0.6) is 5.75 Å². The Hall–Kier alpha value is -1.10. The van der Waals surface area contributed by atoms with Gasteiger partial charge < -0.3 is 9.84 Å². The molecule has 13 heavy (non-hydrogen) atoms. The number of pyridine rings is 1. The standard InChI is InChI=1S/C8H8BrNO3/c1-13-6-2-3-10-8(9)5(6)4-7(11)12/h2-3H,4H2,1H3,(H,11,12). The third kappa shape index (κ3) is 2.42. The zero-order valence-corrected chi connectivity index (χ0v) is 8.54. The maximum atomic E-state index is 10.5. The van der Waals surface area contributed by atoms with Crippen molar-refractivity contribution in [1.29, 1.82) is 0 Å². The van der Waals surface area contributed by atoms with Gasteiger partial charge in [-0.05, 0) is 22.0 Å². The van der Waals surface area contributed by atoms with E-state index in [1.54, 1.807) is 12.3 Å². The summed E-state index contributed by atoms with van der Waals surface area (Å²) in [6, 6.07) is 1.63. The highest BCUT2D eigenvalue weighted by Gasteiger charge is 2.11. The van der Waals surface area contributed by atoms with Crippen LogP contribution in [0.15, 0.2) is 16.9 Å². The molecule has 0 saturated heterocycles. The molecule has 1 rings (SSSR count). The summed E-state index contributed by atoms with van der Waals surface area (Å²) in [7, 11) is 1.49. The first kappa shape index (κ1) is 9.98. The lowest BCUT2D eigenvalue weighted by atomic mass is 10.2. The fraction of sp³-hybridized carbons (Fsp3) is 0.250. The maximum Gasteiger partial charge on any atom is 0.308 e. The fourth-order valence-electron chi connectivity index (χ4n) is 0.953. The Labute approximate surface area is 83.7 Å². The lowest BCUT2D eigenvalue weighted by Gasteiger charge is -2.06. The van der Waals surface area contributed by atoms with Crippen LogP contribution in [0.2, 0.25) is 0 Å². The first-order valence-corrected chi connectivity index (χ1v) is 4.33. The van der Waals surface area contributed by atoms with Crippen molar-refractivity contribution in [2.75, 3.05) is 7.11 Å². The third-order valence-electron chi connectivity index (χ3n) is 1.51. The molecular formula is C8H8BrNO3. The molecule has 4 nitrogen and oxygen atoms in total. The average Bonchev–Trinajstić information content (AvgIpc) is 2.08. The number of nitrogens with zero attached hydrogens (tertiary/aromatic N) is 1. The minimum atomic E-state index is -0.910. The van der Waals surface area contributed by atoms with E-state index in [-0.39, 0.29) is 6.42 Å². The summed E-state index contributed by atoms with van der Waals surface area (Å²) in [6.45, 7) is 0. The molecule has 1 aromatic rings. The summed E-state index contributed by atoms with van der Waals surface area (Å²) in [5.41, 5.74) is 0.553. The number of methoxy groups -OCH3 is 1. The number of ether oxygens (including phenoxy) is 1. The van der Waals surface area contributed by atoms with Gasteiger partial charge in [-0.1, -0.05) is 0 Å². The summed E-state index contributed by atoms with van der Waals surface area (Å²) in [5.74, 6) is -0.378. The number of rotatable bonds is 3. The van der Waals surface area contributed by atoms with Gasteiger partial charge in [-0.2, -0.15) is 0 Å². The minimum Gasteiger partial charge on any atom is -0.496 e. The second-order valence-corrected chi connectivity index (χ2v) is 3.10. The van der Waals surface area contributed by atoms with E-state index in [1.807, 2.05) is 0 Å². The highest BCUT2D eigenvalue weighted by Crippen LogP contribution is 2.24. The van der Waals surface area contributed by atoms with Gasteiger partial charge in [0.2, 0.25) is 0 Å². The Kier molecular flexibility index (Phi) is 3.25. The van der Waals surface area contributed by atoms with E-state index < -0.39 is 5.97 Å². The molecule has 0 amide bonds. The summed E-state index contributed by atoms with van der Waals surface area (Å²) in [4.78, 5) is 14.4. The first-order valence-electron chi connectivity index (χ1n) is 3.54. The van der Waals surface area contributed by atoms with E-state index in [4.69, 9.17) is 9.84 Å². The molecule has 0 unspecified atom stereocenters. The summed E-state index contributed by atoms with van der Waals surface area (Å²) < 4.78 is 5.50. The van der Waals surface area contributed by atoms with Crippen molar-refractivity contribution < 1.29 is 14.6 Å². The van der Waals surface area contributed by atoms with Crippen molar-refractivity contribution in [1.82, 2.24) is 4.98 Å². The van der Waals surface area contributed by atoms with Gasteiger partial charge in [0.25, 0.3) is 0 Å². The monoisotopic (exact) mass is 245 g/mol. The van der Waals surface area contributed by atoms with E-state index in [2.05, 4.69) is 20.9 Å². The zero-order chi connectivity index (χ0) is 9.84. The Morgan fingerprint density at radius 3 is 3.00 bits per heavy atom. The van der Waals surface area contributed by atoms with Crippen LogP contribution in [0.4, 0.5) is 0 Å². The van der Waals surface area contributed by atoms with Gasteiger partial charge in [0.15, 0.2) is 0 Å². The largest absolute Gasteiger partial charge is 0.496 e. The highest BCUT2D eigenvalue weighted by molar-refractivity contribution is 9.10. The first-order chi connectivity index (χ1) is 6.15. The normalized spacial score (nSPS) is 9.69. The van der Waals surface area contributed by atoms with Crippen molar-refractivity contribution in [3.05, 3.63) is 22.4 Å². The predicted octanol–water partition coefficient (Wildman–Crippen LogP) is 1.48. The van der Waals surface area contributed by atoms with Crippen LogP contribution in [-0.2, 0) is 11.2 Å². The van der Waals surface area contributed by atoms with Gasteiger partial charge in [-0.3, -0.25) is 4.79 Å². The topological polar surface area (TPSA) is 59.4 Å². The third-order valence-corrected chi connectivity index (χ3v) is 2.19. The van der Waals surface area contributed by atoms with E-state index in [0.29, 0.717) is 15.9 Å². The van der Waals surface area contributed by atoms with E-state index in [0.717, 1.165) is 0 Å². The van der Waals surface area contributed by atoms with Crippen LogP contribution in [-0.4, -0.2) is 23.2 Å². The number of hydrogen-bond donors (Lipinski definition) is 1. The highest BCUT2D eigenvalue weighted by atomic mass is 79.9. The number of aromatic nitrogens is 1. The van der Waals surface area contributed by atoms with Gasteiger partial charge in [-0.15, -0.1) is 0 Å². The molecule has 0 radical (unpaired) electrons. The Balaban J connectivity index is 3.07. The van der Waals surface area contributed by atoms with Crippen molar-refractivity contribution in [3.8, 4) is 5.75 Å². The van der Waals surface area contributed by atoms with E-state index in [1.165, 1.54) is 7.11 Å². The molecule has 0 bridgehead atoms. The molecule has 1 heterocycles. The molecule has 0 saturated carbocycles. The molecule has 0 fully saturated rings. The molecule has 0 spiro atoms. The number of hydrogen-bond acceptors (Lipinski definition) is 3. The lowest BCUT2D eigenvalue weighted by Crippen LogP contribution is -2.04. The lowest BCUT2D eigenvalue weighted by molar-refractivity contribution is -0.136. The van der Waals surface area contributed by atoms with Crippen LogP contribution < -0.4 is 4.74 Å². The van der Waals surface area contributed by atoms with E-state index >= 15 is 0 Å². The van der Waals surface area contributed by atoms with Gasteiger partial charge in [0, 0.05) is 11.8 Å². The smallest absolute Gasteiger partial charge is 0.308 e. The zero-order valence-electron chi connectivity index (χ0n) is 6.95. The van der Waals surface area contributed by atoms with E-state index in [9.17, 15) is 4.79 Å². The Bertz CT molecular complexity index is 327. The molecule has 5 heteroatoms. The molecule has 0 aliphatic heterocycles. The minimum absolute atomic E-state index is 0.0996. The predicted molar refractivity (Wildman–Crippen MR) is 49.8 cm³/mol. The number of halogens is 1. The number of aliphatic carboxylic acids is 1. The molecule has 1 N–H and O–H groups in total.